The van der Waals surface area contributed by atoms with Crippen LogP contribution < -0.4 is 10.6 Å². The number of rotatable bonds is 14. The number of pyridine rings is 1. The molecule has 10 heteroatoms. The van der Waals surface area contributed by atoms with Crippen LogP contribution in [0.5, 0.6) is 0 Å². The quantitative estimate of drug-likeness (QED) is 0.356. The van der Waals surface area contributed by atoms with E-state index >= 15 is 0 Å². The Morgan fingerprint density at radius 3 is 2.82 bits per heavy atom. The molecule has 1 aliphatic rings. The van der Waals surface area contributed by atoms with Gasteiger partial charge in [-0.15, -0.1) is 0 Å². The van der Waals surface area contributed by atoms with E-state index in [1.807, 2.05) is 6.92 Å². The number of hydrogen-bond donors (Lipinski definition) is 3. The molecule has 0 fully saturated rings. The van der Waals surface area contributed by atoms with Crippen LogP contribution in [0, 0.1) is 5.82 Å². The largest absolute Gasteiger partial charge is 0.480 e. The van der Waals surface area contributed by atoms with E-state index < -0.39 is 17.8 Å². The molecule has 2 aromatic heterocycles. The molecule has 34 heavy (non-hydrogen) atoms. The number of nitrogens with zero attached hydrogens (tertiary/aromatic N) is 4. The van der Waals surface area contributed by atoms with E-state index in [-0.39, 0.29) is 12.1 Å². The fourth-order valence-corrected chi connectivity index (χ4v) is 3.99. The fourth-order valence-electron chi connectivity index (χ4n) is 3.99. The lowest BCUT2D eigenvalue weighted by atomic mass is 10.1. The van der Waals surface area contributed by atoms with Crippen LogP contribution in [0.3, 0.4) is 0 Å². The maximum absolute atomic E-state index is 13.0. The highest BCUT2D eigenvalue weighted by Crippen LogP contribution is 2.20. The van der Waals surface area contributed by atoms with E-state index in [0.717, 1.165) is 69.1 Å². The lowest BCUT2D eigenvalue weighted by Gasteiger charge is -2.26. The molecule has 3 N–H and O–H groups in total. The van der Waals surface area contributed by atoms with Crippen molar-refractivity contribution < 1.29 is 19.0 Å². The summed E-state index contributed by atoms with van der Waals surface area (Å²) in [7, 11) is 1.67. The van der Waals surface area contributed by atoms with Crippen molar-refractivity contribution in [2.45, 2.75) is 57.6 Å². The zero-order valence-corrected chi connectivity index (χ0v) is 20.0. The summed E-state index contributed by atoms with van der Waals surface area (Å²) in [5, 5.41) is 15.8. The fraction of sp³-hybridized carbons (Fsp3) is 0.583. The molecule has 0 spiro atoms. The Balaban J connectivity index is 1.49. The first kappa shape index (κ1) is 25.8. The van der Waals surface area contributed by atoms with E-state index in [1.54, 1.807) is 7.11 Å². The van der Waals surface area contributed by atoms with Crippen molar-refractivity contribution in [1.29, 1.82) is 0 Å². The molecule has 0 amide bonds. The lowest BCUT2D eigenvalue weighted by Crippen LogP contribution is -2.38. The molecule has 0 radical (unpaired) electrons. The van der Waals surface area contributed by atoms with Crippen molar-refractivity contribution in [2.75, 3.05) is 43.9 Å². The minimum absolute atomic E-state index is 0.0325. The van der Waals surface area contributed by atoms with E-state index in [0.29, 0.717) is 19.5 Å². The van der Waals surface area contributed by atoms with Crippen LogP contribution in [-0.4, -0.2) is 76.4 Å². The zero-order valence-electron chi connectivity index (χ0n) is 20.0. The summed E-state index contributed by atoms with van der Waals surface area (Å²) < 4.78 is 18.5. The molecule has 0 aliphatic carbocycles. The van der Waals surface area contributed by atoms with Crippen LogP contribution in [0.1, 0.15) is 43.9 Å². The van der Waals surface area contributed by atoms with E-state index in [4.69, 9.17) is 9.72 Å². The Morgan fingerprint density at radius 1 is 1.29 bits per heavy atom. The molecule has 3 heterocycles. The highest BCUT2D eigenvalue weighted by atomic mass is 19.1. The number of aromatic nitrogens is 3. The number of halogens is 1. The van der Waals surface area contributed by atoms with Gasteiger partial charge in [0.25, 0.3) is 0 Å². The van der Waals surface area contributed by atoms with E-state index in [1.165, 1.54) is 5.56 Å². The van der Waals surface area contributed by atoms with Gasteiger partial charge >= 0.3 is 5.97 Å². The number of anilines is 2. The molecule has 0 aromatic carbocycles. The van der Waals surface area contributed by atoms with Crippen molar-refractivity contribution in [3.63, 3.8) is 0 Å². The number of ether oxygens (including phenoxy) is 1. The average molecular weight is 475 g/mol. The van der Waals surface area contributed by atoms with Crippen molar-refractivity contribution >= 4 is 17.7 Å². The van der Waals surface area contributed by atoms with Gasteiger partial charge in [-0.05, 0) is 63.6 Å². The summed E-state index contributed by atoms with van der Waals surface area (Å²) in [5.41, 5.74) is 2.39. The Bertz CT molecular complexity index is 914. The van der Waals surface area contributed by atoms with Gasteiger partial charge in [-0.25, -0.2) is 24.1 Å². The molecular formula is C24H35FN6O3. The average Bonchev–Trinajstić information content (AvgIpc) is 2.84. The molecule has 2 atom stereocenters. The molecular weight excluding hydrogens is 439 g/mol. The van der Waals surface area contributed by atoms with Crippen molar-refractivity contribution in [1.82, 2.24) is 19.9 Å². The zero-order chi connectivity index (χ0) is 24.3. The van der Waals surface area contributed by atoms with Crippen LogP contribution in [0.25, 0.3) is 0 Å². The first-order chi connectivity index (χ1) is 16.4. The van der Waals surface area contributed by atoms with Crippen molar-refractivity contribution in [2.24, 2.45) is 0 Å². The normalized spacial score (nSPS) is 14.8. The minimum Gasteiger partial charge on any atom is -0.480 e. The number of unbranched alkanes of at least 4 members (excludes halogenated alkanes) is 1. The first-order valence-electron chi connectivity index (χ1n) is 11.9. The van der Waals surface area contributed by atoms with Gasteiger partial charge in [0.15, 0.2) is 5.82 Å². The Kier molecular flexibility index (Phi) is 9.96. The standard InChI is InChI=1S/C24H35FN6O3/c1-17(34-2)16-31(13-10-21(23(32)33)30-24-27-14-19(25)15-28-24)12-4-3-7-20-9-8-18-6-5-11-26-22(18)29-20/h8-9,14-15,17,21H,3-7,10-13,16H2,1-2H3,(H,26,29)(H,32,33)(H,27,28,30)/t17-,21?/m1/s1. The third kappa shape index (κ3) is 8.18. The molecule has 0 saturated carbocycles. The number of nitrogens with one attached hydrogen (secondary N) is 2. The van der Waals surface area contributed by atoms with Gasteiger partial charge in [-0.2, -0.15) is 0 Å². The van der Waals surface area contributed by atoms with Crippen LogP contribution >= 0.6 is 0 Å². The molecule has 1 unspecified atom stereocenters. The number of aliphatic carboxylic acids is 1. The highest BCUT2D eigenvalue weighted by molar-refractivity contribution is 5.76. The van der Waals surface area contributed by atoms with Gasteiger partial charge in [0.05, 0.1) is 18.5 Å². The molecule has 0 saturated heterocycles. The van der Waals surface area contributed by atoms with Gasteiger partial charge in [0.1, 0.15) is 11.9 Å². The second-order valence-corrected chi connectivity index (χ2v) is 8.69. The van der Waals surface area contributed by atoms with Crippen molar-refractivity contribution in [3.8, 4) is 0 Å². The number of hydrogen-bond acceptors (Lipinski definition) is 8. The summed E-state index contributed by atoms with van der Waals surface area (Å²) in [6.45, 7) is 5.08. The maximum atomic E-state index is 13.0. The number of carboxylic acids is 1. The summed E-state index contributed by atoms with van der Waals surface area (Å²) >= 11 is 0. The van der Waals surface area contributed by atoms with Crippen LogP contribution in [0.2, 0.25) is 0 Å². The first-order valence-corrected chi connectivity index (χ1v) is 11.9. The summed E-state index contributed by atoms with van der Waals surface area (Å²) in [5.74, 6) is -0.451. The van der Waals surface area contributed by atoms with Gasteiger partial charge < -0.3 is 25.4 Å². The topological polar surface area (TPSA) is 113 Å². The maximum Gasteiger partial charge on any atom is 0.326 e. The number of carboxylic acid groups (broad SMARTS) is 1. The number of aryl methyl sites for hydroxylation is 2. The lowest BCUT2D eigenvalue weighted by molar-refractivity contribution is -0.138. The Hall–Kier alpha value is -2.85. The predicted octanol–water partition coefficient (Wildman–Crippen LogP) is 2.98. The van der Waals surface area contributed by atoms with Crippen molar-refractivity contribution in [3.05, 3.63) is 41.6 Å². The second-order valence-electron chi connectivity index (χ2n) is 8.69. The van der Waals surface area contributed by atoms with E-state index in [9.17, 15) is 14.3 Å². The van der Waals surface area contributed by atoms with Gasteiger partial charge in [0, 0.05) is 32.4 Å². The van der Waals surface area contributed by atoms with Gasteiger partial charge in [-0.1, -0.05) is 6.07 Å². The molecule has 1 aliphatic heterocycles. The molecule has 0 bridgehead atoms. The second kappa shape index (κ2) is 13.1. The predicted molar refractivity (Wildman–Crippen MR) is 129 cm³/mol. The van der Waals surface area contributed by atoms with Gasteiger partial charge in [-0.3, -0.25) is 0 Å². The number of methoxy groups -OCH3 is 1. The number of fused-ring (bicyclic) bond motifs is 1. The van der Waals surface area contributed by atoms with Gasteiger partial charge in [0.2, 0.25) is 5.95 Å². The van der Waals surface area contributed by atoms with Crippen LogP contribution in [0.4, 0.5) is 16.2 Å². The third-order valence-corrected chi connectivity index (χ3v) is 5.98. The highest BCUT2D eigenvalue weighted by Gasteiger charge is 2.20. The molecule has 186 valence electrons. The van der Waals surface area contributed by atoms with E-state index in [2.05, 4.69) is 37.6 Å². The summed E-state index contributed by atoms with van der Waals surface area (Å²) in [4.78, 5) is 26.3. The Morgan fingerprint density at radius 2 is 2.09 bits per heavy atom. The van der Waals surface area contributed by atoms with Crippen LogP contribution in [-0.2, 0) is 22.4 Å². The number of carbonyl (C=O) groups is 1. The Labute approximate surface area is 200 Å². The molecule has 3 rings (SSSR count). The molecule has 2 aromatic rings. The minimum atomic E-state index is -1.00. The SMILES string of the molecule is CO[C@H](C)CN(CCCCc1ccc2c(n1)NCCC2)CCC(Nc1ncc(F)cn1)C(=O)O. The van der Waals surface area contributed by atoms with Crippen LogP contribution in [0.15, 0.2) is 24.5 Å². The summed E-state index contributed by atoms with van der Waals surface area (Å²) in [6, 6.07) is 3.43. The third-order valence-electron chi connectivity index (χ3n) is 5.98. The summed E-state index contributed by atoms with van der Waals surface area (Å²) in [6.07, 6.45) is 7.50. The molecule has 9 nitrogen and oxygen atoms in total. The smallest absolute Gasteiger partial charge is 0.326 e. The monoisotopic (exact) mass is 474 g/mol.